The van der Waals surface area contributed by atoms with Gasteiger partial charge in [0.05, 0.1) is 4.90 Å². The Bertz CT molecular complexity index is 902. The summed E-state index contributed by atoms with van der Waals surface area (Å²) in [6, 6.07) is 10.5. The predicted molar refractivity (Wildman–Crippen MR) is 93.4 cm³/mol. The van der Waals surface area contributed by atoms with Gasteiger partial charge in [0, 0.05) is 25.3 Å². The zero-order chi connectivity index (χ0) is 18.8. The monoisotopic (exact) mass is 381 g/mol. The van der Waals surface area contributed by atoms with E-state index < -0.39 is 21.4 Å². The number of ether oxygens (including phenoxy) is 3. The van der Waals surface area contributed by atoms with Crippen molar-refractivity contribution >= 4 is 10.0 Å². The van der Waals surface area contributed by atoms with Crippen LogP contribution in [0.15, 0.2) is 47.4 Å². The molecular weight excluding hydrogens is 361 g/mol. The number of rotatable bonds is 6. The SMILES string of the molecule is CO[C@@](C)(CNS(=O)(=O)c1ccc2c(c1)OCCO2)c1ccccc1F. The number of nitrogens with one attached hydrogen (secondary N) is 1. The van der Waals surface area contributed by atoms with Gasteiger partial charge in [0.2, 0.25) is 10.0 Å². The van der Waals surface area contributed by atoms with Crippen LogP contribution in [-0.4, -0.2) is 35.3 Å². The van der Waals surface area contributed by atoms with Gasteiger partial charge in [-0.1, -0.05) is 18.2 Å². The van der Waals surface area contributed by atoms with Gasteiger partial charge in [-0.25, -0.2) is 17.5 Å². The summed E-state index contributed by atoms with van der Waals surface area (Å²) in [5.74, 6) is 0.418. The summed E-state index contributed by atoms with van der Waals surface area (Å²) in [7, 11) is -2.44. The molecule has 0 aliphatic carbocycles. The van der Waals surface area contributed by atoms with Crippen molar-refractivity contribution in [2.45, 2.75) is 17.4 Å². The summed E-state index contributed by atoms with van der Waals surface area (Å²) in [5.41, 5.74) is -0.890. The number of halogens is 1. The lowest BCUT2D eigenvalue weighted by atomic mass is 9.95. The number of benzene rings is 2. The van der Waals surface area contributed by atoms with Gasteiger partial charge < -0.3 is 14.2 Å². The van der Waals surface area contributed by atoms with E-state index in [4.69, 9.17) is 14.2 Å². The molecule has 1 aliphatic rings. The lowest BCUT2D eigenvalue weighted by molar-refractivity contribution is 0.00410. The van der Waals surface area contributed by atoms with Crippen LogP contribution < -0.4 is 14.2 Å². The highest BCUT2D eigenvalue weighted by Crippen LogP contribution is 2.32. The van der Waals surface area contributed by atoms with Crippen molar-refractivity contribution in [3.63, 3.8) is 0 Å². The summed E-state index contributed by atoms with van der Waals surface area (Å²) in [5, 5.41) is 0. The van der Waals surface area contributed by atoms with E-state index >= 15 is 0 Å². The highest BCUT2D eigenvalue weighted by molar-refractivity contribution is 7.89. The maximum absolute atomic E-state index is 14.1. The normalized spacial score (nSPS) is 16.1. The molecule has 0 unspecified atom stereocenters. The third-order valence-corrected chi connectivity index (χ3v) is 5.72. The summed E-state index contributed by atoms with van der Waals surface area (Å²) in [6.45, 7) is 2.27. The first-order valence-electron chi connectivity index (χ1n) is 8.05. The molecule has 0 bridgehead atoms. The van der Waals surface area contributed by atoms with Crippen LogP contribution in [0, 0.1) is 5.82 Å². The highest BCUT2D eigenvalue weighted by atomic mass is 32.2. The van der Waals surface area contributed by atoms with Crippen molar-refractivity contribution in [2.75, 3.05) is 26.9 Å². The van der Waals surface area contributed by atoms with Gasteiger partial charge in [-0.15, -0.1) is 0 Å². The Morgan fingerprint density at radius 3 is 2.54 bits per heavy atom. The topological polar surface area (TPSA) is 73.9 Å². The van der Waals surface area contributed by atoms with E-state index in [1.54, 1.807) is 31.2 Å². The molecule has 0 spiro atoms. The molecule has 2 aromatic rings. The molecule has 1 heterocycles. The van der Waals surface area contributed by atoms with E-state index in [2.05, 4.69) is 4.72 Å². The predicted octanol–water partition coefficient (Wildman–Crippen LogP) is 2.44. The summed E-state index contributed by atoms with van der Waals surface area (Å²) < 4.78 is 58.1. The molecule has 0 fully saturated rings. The Balaban J connectivity index is 1.82. The number of hydrogen-bond donors (Lipinski definition) is 1. The molecule has 0 saturated carbocycles. The lowest BCUT2D eigenvalue weighted by Crippen LogP contribution is -2.40. The molecule has 0 saturated heterocycles. The van der Waals surface area contributed by atoms with Crippen LogP contribution in [-0.2, 0) is 20.4 Å². The Labute approximate surface area is 151 Å². The molecule has 26 heavy (non-hydrogen) atoms. The molecule has 0 amide bonds. The van der Waals surface area contributed by atoms with Gasteiger partial charge in [-0.3, -0.25) is 0 Å². The fraction of sp³-hybridized carbons (Fsp3) is 0.333. The first-order valence-corrected chi connectivity index (χ1v) is 9.53. The van der Waals surface area contributed by atoms with Crippen molar-refractivity contribution < 1.29 is 27.0 Å². The van der Waals surface area contributed by atoms with E-state index in [1.165, 1.54) is 25.3 Å². The van der Waals surface area contributed by atoms with Crippen LogP contribution in [0.4, 0.5) is 4.39 Å². The smallest absolute Gasteiger partial charge is 0.240 e. The molecule has 0 aromatic heterocycles. The van der Waals surface area contributed by atoms with E-state index in [-0.39, 0.29) is 17.0 Å². The second kappa shape index (κ2) is 7.22. The lowest BCUT2D eigenvalue weighted by Gasteiger charge is -2.29. The molecule has 8 heteroatoms. The maximum atomic E-state index is 14.1. The molecule has 3 rings (SSSR count). The van der Waals surface area contributed by atoms with Gasteiger partial charge in [-0.05, 0) is 25.1 Å². The van der Waals surface area contributed by atoms with E-state index in [0.717, 1.165) is 0 Å². The molecule has 2 aromatic carbocycles. The molecule has 140 valence electrons. The highest BCUT2D eigenvalue weighted by Gasteiger charge is 2.31. The first-order chi connectivity index (χ1) is 12.4. The van der Waals surface area contributed by atoms with Crippen molar-refractivity contribution in [2.24, 2.45) is 0 Å². The van der Waals surface area contributed by atoms with Crippen LogP contribution in [0.5, 0.6) is 11.5 Å². The molecule has 1 N–H and O–H groups in total. The number of sulfonamides is 1. The fourth-order valence-electron chi connectivity index (χ4n) is 2.67. The van der Waals surface area contributed by atoms with Crippen LogP contribution >= 0.6 is 0 Å². The fourth-order valence-corrected chi connectivity index (χ4v) is 3.82. The minimum absolute atomic E-state index is 0.0359. The van der Waals surface area contributed by atoms with Gasteiger partial charge in [0.1, 0.15) is 24.6 Å². The van der Waals surface area contributed by atoms with Crippen LogP contribution in [0.3, 0.4) is 0 Å². The van der Waals surface area contributed by atoms with Gasteiger partial charge >= 0.3 is 0 Å². The molecule has 1 aliphatic heterocycles. The average molecular weight is 381 g/mol. The largest absolute Gasteiger partial charge is 0.486 e. The zero-order valence-electron chi connectivity index (χ0n) is 14.5. The van der Waals surface area contributed by atoms with Gasteiger partial charge in [0.25, 0.3) is 0 Å². The van der Waals surface area contributed by atoms with Crippen molar-refractivity contribution in [1.82, 2.24) is 4.72 Å². The Morgan fingerprint density at radius 2 is 1.85 bits per heavy atom. The second-order valence-electron chi connectivity index (χ2n) is 6.04. The standard InChI is InChI=1S/C18H20FNO5S/c1-18(23-2,14-5-3-4-6-15(14)19)12-20-26(21,22)13-7-8-16-17(11-13)25-10-9-24-16/h3-8,11,20H,9-10,12H2,1-2H3/t18-/m0/s1. The second-order valence-corrected chi connectivity index (χ2v) is 7.81. The van der Waals surface area contributed by atoms with Gasteiger partial charge in [0.15, 0.2) is 11.5 Å². The van der Waals surface area contributed by atoms with E-state index in [0.29, 0.717) is 24.7 Å². The quantitative estimate of drug-likeness (QED) is 0.832. The van der Waals surface area contributed by atoms with Crippen LogP contribution in [0.25, 0.3) is 0 Å². The molecule has 1 atom stereocenters. The first kappa shape index (κ1) is 18.6. The average Bonchev–Trinajstić information content (AvgIpc) is 2.66. The summed E-state index contributed by atoms with van der Waals surface area (Å²) in [4.78, 5) is 0.0359. The minimum atomic E-state index is -3.85. The Hall–Kier alpha value is -2.16. The van der Waals surface area contributed by atoms with Crippen molar-refractivity contribution in [3.8, 4) is 11.5 Å². The van der Waals surface area contributed by atoms with Crippen molar-refractivity contribution in [3.05, 3.63) is 53.8 Å². The van der Waals surface area contributed by atoms with Gasteiger partial charge in [-0.2, -0.15) is 0 Å². The summed E-state index contributed by atoms with van der Waals surface area (Å²) in [6.07, 6.45) is 0. The van der Waals surface area contributed by atoms with Crippen molar-refractivity contribution in [1.29, 1.82) is 0 Å². The third kappa shape index (κ3) is 3.67. The van der Waals surface area contributed by atoms with E-state index in [9.17, 15) is 12.8 Å². The maximum Gasteiger partial charge on any atom is 0.240 e. The molecule has 0 radical (unpaired) electrons. The zero-order valence-corrected chi connectivity index (χ0v) is 15.3. The Morgan fingerprint density at radius 1 is 1.15 bits per heavy atom. The third-order valence-electron chi connectivity index (χ3n) is 4.32. The van der Waals surface area contributed by atoms with E-state index in [1.807, 2.05) is 0 Å². The van der Waals surface area contributed by atoms with Crippen LogP contribution in [0.1, 0.15) is 12.5 Å². The number of methoxy groups -OCH3 is 1. The molecular formula is C18H20FNO5S. The number of hydrogen-bond acceptors (Lipinski definition) is 5. The summed E-state index contributed by atoms with van der Waals surface area (Å²) >= 11 is 0. The number of fused-ring (bicyclic) bond motifs is 1. The van der Waals surface area contributed by atoms with Crippen LogP contribution in [0.2, 0.25) is 0 Å². The minimum Gasteiger partial charge on any atom is -0.486 e. The Kier molecular flexibility index (Phi) is 5.17. The molecule has 6 nitrogen and oxygen atoms in total.